The molecule has 6 nitrogen and oxygen atoms in total. The molecule has 0 bridgehead atoms. The summed E-state index contributed by atoms with van der Waals surface area (Å²) in [6.07, 6.45) is 5.14. The van der Waals surface area contributed by atoms with Gasteiger partial charge >= 0.3 is 0 Å². The smallest absolute Gasteiger partial charge is 0.264 e. The van der Waals surface area contributed by atoms with E-state index in [0.29, 0.717) is 10.6 Å². The molecule has 1 heterocycles. The largest absolute Gasteiger partial charge is 0.345 e. The van der Waals surface area contributed by atoms with Crippen LogP contribution in [0.25, 0.3) is 0 Å². The summed E-state index contributed by atoms with van der Waals surface area (Å²) in [7, 11) is 0. The fourth-order valence-electron chi connectivity index (χ4n) is 3.62. The molecule has 1 aromatic carbocycles. The van der Waals surface area contributed by atoms with Gasteiger partial charge < -0.3 is 15.5 Å². The van der Waals surface area contributed by atoms with Gasteiger partial charge in [0.2, 0.25) is 11.8 Å². The molecule has 0 unspecified atom stereocenters. The van der Waals surface area contributed by atoms with Crippen molar-refractivity contribution in [1.82, 2.24) is 10.2 Å². The highest BCUT2D eigenvalue weighted by atomic mass is 32.1. The van der Waals surface area contributed by atoms with Crippen molar-refractivity contribution in [2.24, 2.45) is 0 Å². The third-order valence-corrected chi connectivity index (χ3v) is 5.93. The Kier molecular flexibility index (Phi) is 7.41. The van der Waals surface area contributed by atoms with Crippen molar-refractivity contribution in [2.45, 2.75) is 45.1 Å². The van der Waals surface area contributed by atoms with Crippen LogP contribution in [0.2, 0.25) is 0 Å². The van der Waals surface area contributed by atoms with Gasteiger partial charge in [-0.2, -0.15) is 0 Å². The van der Waals surface area contributed by atoms with Gasteiger partial charge in [0, 0.05) is 11.7 Å². The van der Waals surface area contributed by atoms with Crippen LogP contribution in [-0.4, -0.2) is 41.8 Å². The number of anilines is 1. The number of hydrogen-bond donors (Lipinski definition) is 2. The van der Waals surface area contributed by atoms with E-state index < -0.39 is 0 Å². The number of hydrogen-bond acceptors (Lipinski definition) is 4. The van der Waals surface area contributed by atoms with Gasteiger partial charge in [0.1, 0.15) is 6.54 Å². The Labute approximate surface area is 175 Å². The molecule has 29 heavy (non-hydrogen) atoms. The highest BCUT2D eigenvalue weighted by molar-refractivity contribution is 7.12. The first kappa shape index (κ1) is 21.0. The van der Waals surface area contributed by atoms with E-state index in [4.69, 9.17) is 0 Å². The van der Waals surface area contributed by atoms with E-state index in [9.17, 15) is 14.4 Å². The van der Waals surface area contributed by atoms with E-state index in [2.05, 4.69) is 10.6 Å². The second-order valence-electron chi connectivity index (χ2n) is 7.40. The first-order valence-electron chi connectivity index (χ1n) is 10.0. The van der Waals surface area contributed by atoms with E-state index in [1.54, 1.807) is 17.0 Å². The summed E-state index contributed by atoms with van der Waals surface area (Å²) in [5, 5.41) is 7.28. The molecule has 1 fully saturated rings. The zero-order valence-corrected chi connectivity index (χ0v) is 17.5. The number of carbonyl (C=O) groups excluding carboxylic acids is 3. The average molecular weight is 414 g/mol. The van der Waals surface area contributed by atoms with Crippen molar-refractivity contribution in [3.8, 4) is 0 Å². The molecule has 2 N–H and O–H groups in total. The third kappa shape index (κ3) is 6.15. The number of nitrogens with one attached hydrogen (secondary N) is 2. The van der Waals surface area contributed by atoms with Crippen molar-refractivity contribution < 1.29 is 14.4 Å². The van der Waals surface area contributed by atoms with Gasteiger partial charge in [0.15, 0.2) is 0 Å². The second-order valence-corrected chi connectivity index (χ2v) is 8.34. The maximum atomic E-state index is 12.9. The van der Waals surface area contributed by atoms with E-state index in [-0.39, 0.29) is 36.9 Å². The molecular weight excluding hydrogens is 386 g/mol. The van der Waals surface area contributed by atoms with Crippen LogP contribution in [0.15, 0.2) is 41.8 Å². The quantitative estimate of drug-likeness (QED) is 0.728. The van der Waals surface area contributed by atoms with Gasteiger partial charge in [-0.05, 0) is 48.9 Å². The SMILES string of the molecule is Cc1cccc(NC(=O)CNC(=O)CN(C(=O)c2cccs2)C2CCCCC2)c1. The Morgan fingerprint density at radius 1 is 1.07 bits per heavy atom. The van der Waals surface area contributed by atoms with Crippen LogP contribution in [0.5, 0.6) is 0 Å². The topological polar surface area (TPSA) is 78.5 Å². The lowest BCUT2D eigenvalue weighted by atomic mass is 9.94. The van der Waals surface area contributed by atoms with Crippen LogP contribution >= 0.6 is 11.3 Å². The number of thiophene rings is 1. The summed E-state index contributed by atoms with van der Waals surface area (Å²) in [6.45, 7) is 1.79. The predicted octanol–water partition coefficient (Wildman–Crippen LogP) is 3.59. The fraction of sp³-hybridized carbons (Fsp3) is 0.409. The van der Waals surface area contributed by atoms with Gasteiger partial charge in [-0.3, -0.25) is 14.4 Å². The summed E-state index contributed by atoms with van der Waals surface area (Å²) in [6, 6.07) is 11.2. The minimum Gasteiger partial charge on any atom is -0.345 e. The number of carbonyl (C=O) groups is 3. The van der Waals surface area contributed by atoms with E-state index in [1.807, 2.05) is 36.6 Å². The monoisotopic (exact) mass is 413 g/mol. The van der Waals surface area contributed by atoms with Crippen LogP contribution < -0.4 is 10.6 Å². The third-order valence-electron chi connectivity index (χ3n) is 5.07. The normalized spacial score (nSPS) is 14.2. The van der Waals surface area contributed by atoms with Crippen LogP contribution in [0, 0.1) is 6.92 Å². The number of benzene rings is 1. The molecule has 0 saturated heterocycles. The molecular formula is C22H27N3O3S. The lowest BCUT2D eigenvalue weighted by Gasteiger charge is -2.33. The van der Waals surface area contributed by atoms with Gasteiger partial charge in [0.25, 0.3) is 5.91 Å². The Hall–Kier alpha value is -2.67. The molecule has 7 heteroatoms. The highest BCUT2D eigenvalue weighted by Crippen LogP contribution is 2.25. The van der Waals surface area contributed by atoms with Crippen LogP contribution in [0.1, 0.15) is 47.3 Å². The zero-order chi connectivity index (χ0) is 20.6. The van der Waals surface area contributed by atoms with Crippen molar-refractivity contribution in [1.29, 1.82) is 0 Å². The van der Waals surface area contributed by atoms with Gasteiger partial charge in [-0.25, -0.2) is 0 Å². The van der Waals surface area contributed by atoms with Gasteiger partial charge in [-0.1, -0.05) is 37.5 Å². The first-order valence-corrected chi connectivity index (χ1v) is 10.9. The van der Waals surface area contributed by atoms with Crippen molar-refractivity contribution in [3.63, 3.8) is 0 Å². The number of aryl methyl sites for hydroxylation is 1. The Morgan fingerprint density at radius 3 is 2.55 bits per heavy atom. The van der Waals surface area contributed by atoms with Crippen molar-refractivity contribution in [3.05, 3.63) is 52.2 Å². The Morgan fingerprint density at radius 2 is 1.86 bits per heavy atom. The van der Waals surface area contributed by atoms with Crippen molar-refractivity contribution in [2.75, 3.05) is 18.4 Å². The maximum Gasteiger partial charge on any atom is 0.264 e. The lowest BCUT2D eigenvalue weighted by molar-refractivity contribution is -0.125. The molecule has 0 spiro atoms. The predicted molar refractivity (Wildman–Crippen MR) is 115 cm³/mol. The zero-order valence-electron chi connectivity index (χ0n) is 16.6. The van der Waals surface area contributed by atoms with E-state index >= 15 is 0 Å². The number of nitrogens with zero attached hydrogens (tertiary/aromatic N) is 1. The minimum atomic E-state index is -0.320. The summed E-state index contributed by atoms with van der Waals surface area (Å²) in [5.41, 5.74) is 1.74. The molecule has 154 valence electrons. The molecule has 0 atom stereocenters. The van der Waals surface area contributed by atoms with E-state index in [1.165, 1.54) is 17.8 Å². The fourth-order valence-corrected chi connectivity index (χ4v) is 4.30. The Bertz CT molecular complexity index is 845. The van der Waals surface area contributed by atoms with Gasteiger partial charge in [-0.15, -0.1) is 11.3 Å². The molecule has 3 rings (SSSR count). The maximum absolute atomic E-state index is 12.9. The minimum absolute atomic E-state index is 0.0286. The highest BCUT2D eigenvalue weighted by Gasteiger charge is 2.28. The van der Waals surface area contributed by atoms with Crippen LogP contribution in [0.4, 0.5) is 5.69 Å². The second kappa shape index (κ2) is 10.2. The summed E-state index contributed by atoms with van der Waals surface area (Å²) < 4.78 is 0. The van der Waals surface area contributed by atoms with Crippen LogP contribution in [0.3, 0.4) is 0 Å². The molecule has 1 saturated carbocycles. The average Bonchev–Trinajstić information content (AvgIpc) is 3.25. The summed E-state index contributed by atoms with van der Waals surface area (Å²) >= 11 is 1.38. The molecule has 0 aliphatic heterocycles. The van der Waals surface area contributed by atoms with E-state index in [0.717, 1.165) is 31.2 Å². The summed E-state index contributed by atoms with van der Waals surface area (Å²) in [4.78, 5) is 39.9. The number of rotatable bonds is 7. The summed E-state index contributed by atoms with van der Waals surface area (Å²) in [5.74, 6) is -0.719. The molecule has 0 radical (unpaired) electrons. The van der Waals surface area contributed by atoms with Crippen LogP contribution in [-0.2, 0) is 9.59 Å². The number of amides is 3. The standard InChI is InChI=1S/C22H27N3O3S/c1-16-7-5-8-17(13-16)24-20(26)14-23-21(27)15-25(18-9-3-2-4-10-18)22(28)19-11-6-12-29-19/h5-8,11-13,18H,2-4,9-10,14-15H2,1H3,(H,23,27)(H,24,26). The lowest BCUT2D eigenvalue weighted by Crippen LogP contribution is -2.48. The molecule has 3 amide bonds. The molecule has 1 aliphatic rings. The van der Waals surface area contributed by atoms with Crippen molar-refractivity contribution >= 4 is 34.7 Å². The Balaban J connectivity index is 1.56. The molecule has 1 aliphatic carbocycles. The molecule has 2 aromatic rings. The molecule has 1 aromatic heterocycles. The first-order chi connectivity index (χ1) is 14.0. The van der Waals surface area contributed by atoms with Gasteiger partial charge in [0.05, 0.1) is 11.4 Å².